The molecular weight excluding hydrogens is 415 g/mol. The van der Waals surface area contributed by atoms with Crippen molar-refractivity contribution < 1.29 is 6.13 Å². The first kappa shape index (κ1) is 28.3. The Bertz CT molecular complexity index is 907. The molecule has 0 heterocycles. The van der Waals surface area contributed by atoms with Crippen LogP contribution in [0.1, 0.15) is 127 Å². The Balaban J connectivity index is 0.00000204. The summed E-state index contributed by atoms with van der Waals surface area (Å²) >= 11 is 0. The summed E-state index contributed by atoms with van der Waals surface area (Å²) in [7, 11) is 0. The van der Waals surface area contributed by atoms with E-state index >= 15 is 0 Å². The minimum Gasteiger partial charge on any atom is -0.269 e. The Morgan fingerprint density at radius 3 is 2.21 bits per heavy atom. The van der Waals surface area contributed by atoms with Gasteiger partial charge in [0.05, 0.1) is 0 Å². The molecule has 0 bridgehead atoms. The highest BCUT2D eigenvalue weighted by atomic mass is 19.0. The SMILES string of the molecule is C.C/C=C(\CC)CCCC1CCC(CCCC2c3ccccc3Cc3ccc(C)cc32)CC1.F.[HH]. The van der Waals surface area contributed by atoms with Gasteiger partial charge in [0.25, 0.3) is 0 Å². The van der Waals surface area contributed by atoms with Crippen LogP contribution in [0.5, 0.6) is 0 Å². The van der Waals surface area contributed by atoms with Gasteiger partial charge in [-0.3, -0.25) is 4.70 Å². The van der Waals surface area contributed by atoms with E-state index in [-0.39, 0.29) is 13.6 Å². The molecule has 34 heavy (non-hydrogen) atoms. The molecule has 1 atom stereocenters. The molecule has 1 heteroatoms. The molecule has 190 valence electrons. The molecule has 0 N–H and O–H groups in total. The van der Waals surface area contributed by atoms with Gasteiger partial charge in [-0.1, -0.05) is 119 Å². The average Bonchev–Trinajstić information content (AvgIpc) is 2.82. The van der Waals surface area contributed by atoms with Crippen LogP contribution in [0.2, 0.25) is 0 Å². The van der Waals surface area contributed by atoms with Crippen molar-refractivity contribution >= 4 is 0 Å². The van der Waals surface area contributed by atoms with Crippen LogP contribution in [0, 0.1) is 18.8 Å². The summed E-state index contributed by atoms with van der Waals surface area (Å²) < 4.78 is 0. The molecule has 4 rings (SSSR count). The van der Waals surface area contributed by atoms with E-state index in [1.54, 1.807) is 27.8 Å². The molecule has 1 saturated carbocycles. The molecule has 0 radical (unpaired) electrons. The van der Waals surface area contributed by atoms with Crippen molar-refractivity contribution in [3.63, 3.8) is 0 Å². The minimum atomic E-state index is 0. The third-order valence-corrected chi connectivity index (χ3v) is 8.53. The summed E-state index contributed by atoms with van der Waals surface area (Å²) in [4.78, 5) is 0. The van der Waals surface area contributed by atoms with E-state index < -0.39 is 0 Å². The quantitative estimate of drug-likeness (QED) is 0.322. The van der Waals surface area contributed by atoms with Crippen LogP contribution in [0.15, 0.2) is 54.1 Å². The number of fused-ring (bicyclic) bond motifs is 2. The molecule has 2 aliphatic carbocycles. The van der Waals surface area contributed by atoms with E-state index in [9.17, 15) is 0 Å². The Morgan fingerprint density at radius 1 is 0.882 bits per heavy atom. The molecular formula is C33H51F. The third kappa shape index (κ3) is 7.06. The van der Waals surface area contributed by atoms with Gasteiger partial charge in [-0.2, -0.15) is 0 Å². The van der Waals surface area contributed by atoms with Crippen LogP contribution in [-0.4, -0.2) is 0 Å². The lowest BCUT2D eigenvalue weighted by Gasteiger charge is -2.31. The fourth-order valence-corrected chi connectivity index (χ4v) is 6.48. The Labute approximate surface area is 211 Å². The maximum absolute atomic E-state index is 2.47. The monoisotopic (exact) mass is 466 g/mol. The zero-order chi connectivity index (χ0) is 22.3. The molecule has 2 aliphatic rings. The van der Waals surface area contributed by atoms with Crippen LogP contribution in [0.3, 0.4) is 0 Å². The molecule has 0 aliphatic heterocycles. The Morgan fingerprint density at radius 2 is 1.53 bits per heavy atom. The first-order valence-corrected chi connectivity index (χ1v) is 13.5. The van der Waals surface area contributed by atoms with E-state index in [0.29, 0.717) is 5.92 Å². The van der Waals surface area contributed by atoms with Crippen LogP contribution >= 0.6 is 0 Å². The molecule has 2 aromatic rings. The third-order valence-electron chi connectivity index (χ3n) is 8.53. The van der Waals surface area contributed by atoms with Gasteiger partial charge in [-0.25, -0.2) is 0 Å². The van der Waals surface area contributed by atoms with E-state index in [4.69, 9.17) is 0 Å². The first-order valence-electron chi connectivity index (χ1n) is 13.5. The summed E-state index contributed by atoms with van der Waals surface area (Å²) in [5.41, 5.74) is 9.39. The van der Waals surface area contributed by atoms with Crippen molar-refractivity contribution in [2.24, 2.45) is 11.8 Å². The largest absolute Gasteiger partial charge is 0.269 e. The topological polar surface area (TPSA) is 0 Å². The predicted molar refractivity (Wildman–Crippen MR) is 151 cm³/mol. The second-order valence-corrected chi connectivity index (χ2v) is 10.6. The van der Waals surface area contributed by atoms with E-state index in [1.807, 2.05) is 0 Å². The minimum absolute atomic E-state index is 0. The highest BCUT2D eigenvalue weighted by Crippen LogP contribution is 2.41. The van der Waals surface area contributed by atoms with Crippen LogP contribution in [0.4, 0.5) is 4.70 Å². The number of hydrogen-bond acceptors (Lipinski definition) is 0. The van der Waals surface area contributed by atoms with Gasteiger partial charge in [0.2, 0.25) is 0 Å². The van der Waals surface area contributed by atoms with Crippen molar-refractivity contribution in [2.45, 2.75) is 111 Å². The lowest BCUT2D eigenvalue weighted by atomic mass is 9.74. The van der Waals surface area contributed by atoms with Gasteiger partial charge in [0.15, 0.2) is 0 Å². The summed E-state index contributed by atoms with van der Waals surface area (Å²) in [5, 5.41) is 0. The van der Waals surface area contributed by atoms with Gasteiger partial charge < -0.3 is 0 Å². The summed E-state index contributed by atoms with van der Waals surface area (Å²) in [5.74, 6) is 2.58. The van der Waals surface area contributed by atoms with Gasteiger partial charge in [0.1, 0.15) is 0 Å². The van der Waals surface area contributed by atoms with Crippen molar-refractivity contribution in [3.8, 4) is 0 Å². The fourth-order valence-electron chi connectivity index (χ4n) is 6.48. The highest BCUT2D eigenvalue weighted by molar-refractivity contribution is 5.50. The molecule has 0 nitrogen and oxygen atoms in total. The number of allylic oxidation sites excluding steroid dienone is 2. The first-order chi connectivity index (χ1) is 15.7. The van der Waals surface area contributed by atoms with E-state index in [2.05, 4.69) is 69.3 Å². The van der Waals surface area contributed by atoms with Gasteiger partial charge >= 0.3 is 0 Å². The molecule has 0 amide bonds. The maximum atomic E-state index is 2.47. The van der Waals surface area contributed by atoms with Crippen molar-refractivity contribution in [1.29, 1.82) is 0 Å². The Hall–Kier alpha value is -1.89. The lowest BCUT2D eigenvalue weighted by molar-refractivity contribution is 0.245. The fraction of sp³-hybridized carbons (Fsp3) is 0.576. The molecule has 2 aromatic carbocycles. The second-order valence-electron chi connectivity index (χ2n) is 10.6. The van der Waals surface area contributed by atoms with Crippen LogP contribution < -0.4 is 0 Å². The van der Waals surface area contributed by atoms with E-state index in [1.165, 1.54) is 76.2 Å². The number of hydrogen-bond donors (Lipinski definition) is 0. The van der Waals surface area contributed by atoms with Crippen LogP contribution in [0.25, 0.3) is 0 Å². The lowest BCUT2D eigenvalue weighted by Crippen LogP contribution is -2.16. The van der Waals surface area contributed by atoms with Crippen molar-refractivity contribution in [1.82, 2.24) is 0 Å². The van der Waals surface area contributed by atoms with Crippen LogP contribution in [-0.2, 0) is 6.42 Å². The molecule has 1 fully saturated rings. The normalized spacial score (nSPS) is 21.6. The predicted octanol–water partition coefficient (Wildman–Crippen LogP) is 10.6. The maximum Gasteiger partial charge on any atom is 0.00951 e. The molecule has 0 spiro atoms. The number of rotatable bonds is 9. The van der Waals surface area contributed by atoms with Gasteiger partial charge in [0, 0.05) is 7.34 Å². The van der Waals surface area contributed by atoms with Gasteiger partial charge in [-0.15, -0.1) is 0 Å². The zero-order valence-corrected chi connectivity index (χ0v) is 21.2. The number of aryl methyl sites for hydroxylation is 1. The van der Waals surface area contributed by atoms with Gasteiger partial charge in [-0.05, 0) is 80.0 Å². The summed E-state index contributed by atoms with van der Waals surface area (Å²) in [6.45, 7) is 6.75. The summed E-state index contributed by atoms with van der Waals surface area (Å²) in [6, 6.07) is 16.4. The molecule has 1 unspecified atom stereocenters. The van der Waals surface area contributed by atoms with E-state index in [0.717, 1.165) is 18.3 Å². The average molecular weight is 467 g/mol. The number of benzene rings is 2. The van der Waals surface area contributed by atoms with Crippen molar-refractivity contribution in [3.05, 3.63) is 81.9 Å². The zero-order valence-electron chi connectivity index (χ0n) is 21.2. The smallest absolute Gasteiger partial charge is 0.00951 e. The standard InChI is InChI=1S/C32H44.CH4.FH.H2/c1-4-25(5-2)10-8-11-26-17-19-27(20-18-26)12-9-15-31-30-14-7-6-13-28(30)23-29-21-16-24(3)22-32(29)31;;;/h4,6-7,13-14,16,21-22,26-27,31H,5,8-12,15,17-20,23H2,1-3H3;1H4;2*1H/b25-4+;;;. The van der Waals surface area contributed by atoms with Crippen molar-refractivity contribution in [2.75, 3.05) is 0 Å². The number of halogens is 1. The second kappa shape index (κ2) is 13.9. The summed E-state index contributed by atoms with van der Waals surface area (Å²) in [6.07, 6.45) is 18.9. The molecule has 0 saturated heterocycles. The highest BCUT2D eigenvalue weighted by Gasteiger charge is 2.26. The molecule has 0 aromatic heterocycles. The Kier molecular flexibility index (Phi) is 11.6.